The highest BCUT2D eigenvalue weighted by atomic mass is 15.2. The van der Waals surface area contributed by atoms with E-state index < -0.39 is 0 Å². The van der Waals surface area contributed by atoms with E-state index in [0.717, 1.165) is 35.5 Å². The maximum absolute atomic E-state index is 2.92. The minimum Gasteiger partial charge on any atom is -0.375 e. The fourth-order valence-corrected chi connectivity index (χ4v) is 22.5. The van der Waals surface area contributed by atoms with Gasteiger partial charge in [0.05, 0.1) is 0 Å². The van der Waals surface area contributed by atoms with Crippen molar-refractivity contribution in [3.05, 3.63) is 160 Å². The topological polar surface area (TPSA) is 8.17 Å². The number of anilines is 3. The van der Waals surface area contributed by atoms with Crippen LogP contribution in [0, 0.1) is 53.3 Å². The molecule has 21 rings (SSSR count). The zero-order valence-electron chi connectivity index (χ0n) is 42.6. The van der Waals surface area contributed by atoms with Gasteiger partial charge in [0, 0.05) is 55.3 Å². The van der Waals surface area contributed by atoms with E-state index in [9.17, 15) is 0 Å². The second-order valence-corrected chi connectivity index (χ2v) is 28.2. The molecule has 0 radical (unpaired) electrons. The predicted molar refractivity (Wildman–Crippen MR) is 295 cm³/mol. The van der Waals surface area contributed by atoms with Crippen LogP contribution in [-0.2, 0) is 21.7 Å². The highest BCUT2D eigenvalue weighted by Crippen LogP contribution is 2.85. The van der Waals surface area contributed by atoms with Crippen molar-refractivity contribution in [2.45, 2.75) is 120 Å². The monoisotopic (exact) mass is 928 g/mol. The Kier molecular flexibility index (Phi) is 6.17. The molecule has 2 aliphatic heterocycles. The van der Waals surface area contributed by atoms with Gasteiger partial charge in [0.15, 0.2) is 0 Å². The third-order valence-corrected chi connectivity index (χ3v) is 25.2. The lowest BCUT2D eigenvalue weighted by molar-refractivity contribution is -0.175. The predicted octanol–water partition coefficient (Wildman–Crippen LogP) is 15.3. The molecule has 350 valence electrons. The molecule has 3 heterocycles. The Morgan fingerprint density at radius 3 is 1.97 bits per heavy atom. The van der Waals surface area contributed by atoms with Gasteiger partial charge in [0.1, 0.15) is 0 Å². The average Bonchev–Trinajstić information content (AvgIpc) is 4.25. The molecular weight excluding hydrogens is 868 g/mol. The maximum atomic E-state index is 2.92. The van der Waals surface area contributed by atoms with Crippen LogP contribution in [0.1, 0.15) is 131 Å². The summed E-state index contributed by atoms with van der Waals surface area (Å²) >= 11 is 0. The van der Waals surface area contributed by atoms with Gasteiger partial charge in [0.25, 0.3) is 0 Å². The van der Waals surface area contributed by atoms with Gasteiger partial charge in [-0.3, -0.25) is 0 Å². The van der Waals surface area contributed by atoms with Gasteiger partial charge in [-0.1, -0.05) is 100 Å². The quantitative estimate of drug-likeness (QED) is 0.160. The molecule has 2 nitrogen and oxygen atoms in total. The Hall–Kier alpha value is -5.80. The van der Waals surface area contributed by atoms with E-state index in [1.54, 1.807) is 16.5 Å². The van der Waals surface area contributed by atoms with Crippen LogP contribution in [0.4, 0.5) is 17.1 Å². The van der Waals surface area contributed by atoms with Gasteiger partial charge in [-0.2, -0.15) is 0 Å². The first kappa shape index (κ1) is 38.8. The Bertz CT molecular complexity index is 3980. The van der Waals surface area contributed by atoms with E-state index in [1.807, 2.05) is 0 Å². The molecule has 5 bridgehead atoms. The van der Waals surface area contributed by atoms with Gasteiger partial charge in [-0.15, -0.1) is 0 Å². The van der Waals surface area contributed by atoms with Gasteiger partial charge in [-0.05, 0) is 255 Å². The van der Waals surface area contributed by atoms with Crippen molar-refractivity contribution in [3.8, 4) is 33.4 Å². The van der Waals surface area contributed by atoms with Crippen molar-refractivity contribution in [3.63, 3.8) is 0 Å². The molecule has 0 N–H and O–H groups in total. The molecule has 0 amide bonds. The van der Waals surface area contributed by atoms with Gasteiger partial charge in [-0.25, -0.2) is 0 Å². The van der Waals surface area contributed by atoms with Crippen molar-refractivity contribution in [2.24, 2.45) is 46.3 Å². The van der Waals surface area contributed by atoms with Crippen LogP contribution in [0.15, 0.2) is 121 Å². The molecule has 7 atom stereocenters. The molecule has 8 aromatic rings. The highest BCUT2D eigenvalue weighted by molar-refractivity contribution is 6.90. The van der Waals surface area contributed by atoms with E-state index in [4.69, 9.17) is 0 Å². The first-order valence-corrected chi connectivity index (χ1v) is 28.5. The molecule has 9 saturated carbocycles. The third-order valence-electron chi connectivity index (χ3n) is 25.2. The van der Waals surface area contributed by atoms with Crippen LogP contribution in [0.5, 0.6) is 0 Å². The first-order valence-electron chi connectivity index (χ1n) is 28.5. The molecule has 1 aromatic heterocycles. The van der Waals surface area contributed by atoms with Gasteiger partial charge < -0.3 is 9.38 Å². The molecule has 13 aliphatic rings. The van der Waals surface area contributed by atoms with Crippen molar-refractivity contribution in [1.29, 1.82) is 0 Å². The molecule has 11 aliphatic carbocycles. The number of aryl methyl sites for hydroxylation is 1. The summed E-state index contributed by atoms with van der Waals surface area (Å²) < 4.78 is 2.92. The maximum Gasteiger partial charge on any atom is 0.333 e. The summed E-state index contributed by atoms with van der Waals surface area (Å²) in [6.07, 6.45) is 14.7. The van der Waals surface area contributed by atoms with E-state index in [0.29, 0.717) is 21.7 Å². The van der Waals surface area contributed by atoms with Crippen molar-refractivity contribution in [2.75, 3.05) is 4.90 Å². The Morgan fingerprint density at radius 1 is 0.514 bits per heavy atom. The SMILES string of the molecule is Cc1cc2c3c(c1)N(c1ccc4c(c1)C(C)(C)c1ccccc1-4)c1cc4c(cc1B3n1c3ccc(C56CC7CC8CC7(C5)C8C6)cc3c3cc(C56CC7CC8CC(C5)C87C6)cc-2c31)C(C)(C)c1ccccc1-4. The molecule has 2 spiro atoms. The average molecular weight is 929 g/mol. The van der Waals surface area contributed by atoms with Crippen LogP contribution in [0.3, 0.4) is 0 Å². The van der Waals surface area contributed by atoms with Gasteiger partial charge >= 0.3 is 6.85 Å². The smallest absolute Gasteiger partial charge is 0.333 e. The number of rotatable bonds is 3. The zero-order valence-corrected chi connectivity index (χ0v) is 42.6. The fraction of sp³-hybridized carbons (Fsp3) is 0.391. The number of hydrogen-bond acceptors (Lipinski definition) is 1. The Morgan fingerprint density at radius 2 is 1.22 bits per heavy atom. The summed E-state index contributed by atoms with van der Waals surface area (Å²) in [5.41, 5.74) is 30.7. The van der Waals surface area contributed by atoms with E-state index >= 15 is 0 Å². The number of aromatic nitrogens is 1. The third kappa shape index (κ3) is 3.88. The minimum atomic E-state index is -0.117. The molecular formula is C69H61BN2. The zero-order chi connectivity index (χ0) is 47.1. The summed E-state index contributed by atoms with van der Waals surface area (Å²) in [6, 6.07) is 50.3. The van der Waals surface area contributed by atoms with E-state index in [-0.39, 0.29) is 17.7 Å². The van der Waals surface area contributed by atoms with Crippen LogP contribution in [-0.4, -0.2) is 11.3 Å². The van der Waals surface area contributed by atoms with Crippen molar-refractivity contribution >= 4 is 56.6 Å². The van der Waals surface area contributed by atoms with Crippen molar-refractivity contribution in [1.82, 2.24) is 4.48 Å². The van der Waals surface area contributed by atoms with Crippen LogP contribution in [0.2, 0.25) is 0 Å². The van der Waals surface area contributed by atoms with Crippen LogP contribution >= 0.6 is 0 Å². The standard InChI is InChI=1S/C69H61BN2/c1-36-18-50-52-25-39(66-31-42-21-40-22-43(32-66)69(40,42)35-66)24-51-49-23-38(67-30-41-20-37-29-68(41,34-67)57(37)33-67)14-17-59(49)72(63(51)52)70-58-28-56-48(46-11-7-9-13-54(46)65(56,4)5)27-60(58)71(61(19-36)62(50)70)44-15-16-47-45-10-6-8-12-53(45)64(2,3)55(47)26-44/h6-19,23-28,37,40-43,57H,20-22,29-35H2,1-5H3. The number of nitrogens with zero attached hydrogens (tertiary/aromatic N) is 2. The largest absolute Gasteiger partial charge is 0.375 e. The lowest BCUT2D eigenvalue weighted by Crippen LogP contribution is -2.59. The lowest BCUT2D eigenvalue weighted by Gasteiger charge is -2.66. The summed E-state index contributed by atoms with van der Waals surface area (Å²) in [7, 11) is 0. The molecule has 7 unspecified atom stereocenters. The second kappa shape index (κ2) is 11.5. The molecule has 0 saturated heterocycles. The number of hydrogen-bond donors (Lipinski definition) is 0. The van der Waals surface area contributed by atoms with E-state index in [1.165, 1.54) is 170 Å². The summed E-state index contributed by atoms with van der Waals surface area (Å²) in [4.78, 5) is 2.73. The molecule has 3 heteroatoms. The van der Waals surface area contributed by atoms with Crippen molar-refractivity contribution < 1.29 is 0 Å². The summed E-state index contributed by atoms with van der Waals surface area (Å²) in [5, 5.41) is 3.08. The summed E-state index contributed by atoms with van der Waals surface area (Å²) in [5.74, 6) is 5.91. The number of benzene rings is 7. The van der Waals surface area contributed by atoms with Gasteiger partial charge in [0.2, 0.25) is 0 Å². The number of fused-ring (bicyclic) bond motifs is 15. The normalized spacial score (nSPS) is 34.8. The Balaban J connectivity index is 0.882. The molecule has 9 fully saturated rings. The van der Waals surface area contributed by atoms with Crippen LogP contribution in [0.25, 0.3) is 55.2 Å². The second-order valence-electron chi connectivity index (χ2n) is 28.2. The van der Waals surface area contributed by atoms with Crippen LogP contribution < -0.4 is 15.8 Å². The fourth-order valence-electron chi connectivity index (χ4n) is 22.5. The molecule has 7 aromatic carbocycles. The Labute approximate surface area is 424 Å². The summed E-state index contributed by atoms with van der Waals surface area (Å²) in [6.45, 7) is 12.3. The highest BCUT2D eigenvalue weighted by Gasteiger charge is 2.78. The first-order chi connectivity index (χ1) is 34.9. The minimum absolute atomic E-state index is 0.0379. The lowest BCUT2D eigenvalue weighted by atomic mass is 9.38. The van der Waals surface area contributed by atoms with E-state index in [2.05, 4.69) is 165 Å². The molecule has 72 heavy (non-hydrogen) atoms.